The summed E-state index contributed by atoms with van der Waals surface area (Å²) in [6.45, 7) is 4.00. The third kappa shape index (κ3) is 1.93. The van der Waals surface area contributed by atoms with Gasteiger partial charge in [0, 0.05) is 5.39 Å². The zero-order valence-electron chi connectivity index (χ0n) is 8.97. The summed E-state index contributed by atoms with van der Waals surface area (Å²) in [5.74, 6) is 0. The molecule has 0 heterocycles. The number of hydrogen-bond acceptors (Lipinski definition) is 1. The van der Waals surface area contributed by atoms with Crippen LogP contribution >= 0.6 is 7.80 Å². The lowest BCUT2D eigenvalue weighted by Crippen LogP contribution is -2.03. The molecule has 0 aromatic heterocycles. The highest BCUT2D eigenvalue weighted by molar-refractivity contribution is 7.54. The molecule has 2 aromatic carbocycles. The van der Waals surface area contributed by atoms with Crippen molar-refractivity contribution in [2.45, 2.75) is 19.5 Å². The van der Waals surface area contributed by atoms with Gasteiger partial charge in [0.1, 0.15) is 0 Å². The maximum absolute atomic E-state index is 12.1. The lowest BCUT2D eigenvalue weighted by molar-refractivity contribution is 0.588. The van der Waals surface area contributed by atoms with Gasteiger partial charge in [0.25, 0.3) is 0 Å². The van der Waals surface area contributed by atoms with E-state index in [-0.39, 0.29) is 5.66 Å². The quantitative estimate of drug-likeness (QED) is 0.701. The first-order chi connectivity index (χ1) is 7.20. The van der Waals surface area contributed by atoms with Gasteiger partial charge in [0.2, 0.25) is 0 Å². The zero-order valence-corrected chi connectivity index (χ0v) is 9.87. The number of fused-ring (bicyclic) bond motifs is 1. The molecule has 15 heavy (non-hydrogen) atoms. The third-order valence-corrected chi connectivity index (χ3v) is 4.28. The molecule has 2 heteroatoms. The Hall–Kier alpha value is -1.20. The van der Waals surface area contributed by atoms with Crippen LogP contribution in [0.2, 0.25) is 0 Å². The summed E-state index contributed by atoms with van der Waals surface area (Å²) >= 11 is 0. The van der Waals surface area contributed by atoms with Gasteiger partial charge in [-0.3, -0.25) is 0 Å². The first-order valence-electron chi connectivity index (χ1n) is 5.14. The highest BCUT2D eigenvalue weighted by Gasteiger charge is 2.26. The normalized spacial score (nSPS) is 12.1. The van der Waals surface area contributed by atoms with Crippen molar-refractivity contribution in [1.82, 2.24) is 0 Å². The minimum atomic E-state index is -1.28. The van der Waals surface area contributed by atoms with E-state index in [2.05, 4.69) is 12.1 Å². The van der Waals surface area contributed by atoms with Gasteiger partial charge >= 0.3 is 7.80 Å². The summed E-state index contributed by atoms with van der Waals surface area (Å²) in [6.07, 6.45) is 0. The minimum Gasteiger partial charge on any atom is -0.0678 e. The fraction of sp³-hybridized carbons (Fsp3) is 0.231. The van der Waals surface area contributed by atoms with Crippen LogP contribution in [0.1, 0.15) is 13.8 Å². The van der Waals surface area contributed by atoms with Crippen molar-refractivity contribution in [3.05, 3.63) is 42.5 Å². The molecule has 0 aliphatic carbocycles. The Labute approximate surface area is 90.9 Å². The smallest absolute Gasteiger partial charge is 0.0678 e. The third-order valence-electron chi connectivity index (χ3n) is 2.47. The molecule has 1 nitrogen and oxygen atoms in total. The van der Waals surface area contributed by atoms with Crippen molar-refractivity contribution in [2.75, 3.05) is 0 Å². The SMILES string of the molecule is CC(C)[P+](=O)c1cccc2ccccc12. The van der Waals surface area contributed by atoms with Crippen molar-refractivity contribution in [2.24, 2.45) is 0 Å². The van der Waals surface area contributed by atoms with Crippen LogP contribution in [0.5, 0.6) is 0 Å². The van der Waals surface area contributed by atoms with Crippen LogP contribution in [0.3, 0.4) is 0 Å². The van der Waals surface area contributed by atoms with Gasteiger partial charge in [-0.2, -0.15) is 0 Å². The van der Waals surface area contributed by atoms with Crippen LogP contribution in [0, 0.1) is 0 Å². The molecule has 0 saturated carbocycles. The topological polar surface area (TPSA) is 17.1 Å². The van der Waals surface area contributed by atoms with E-state index in [1.807, 2.05) is 44.2 Å². The van der Waals surface area contributed by atoms with E-state index < -0.39 is 7.80 Å². The highest BCUT2D eigenvalue weighted by atomic mass is 31.1. The van der Waals surface area contributed by atoms with Crippen LogP contribution in [0.4, 0.5) is 0 Å². The van der Waals surface area contributed by atoms with E-state index in [4.69, 9.17) is 0 Å². The number of benzene rings is 2. The predicted molar refractivity (Wildman–Crippen MR) is 66.3 cm³/mol. The molecule has 76 valence electrons. The molecule has 1 unspecified atom stereocenters. The van der Waals surface area contributed by atoms with E-state index in [1.165, 1.54) is 5.39 Å². The fourth-order valence-electron chi connectivity index (χ4n) is 1.68. The van der Waals surface area contributed by atoms with Gasteiger partial charge in [-0.1, -0.05) is 34.9 Å². The van der Waals surface area contributed by atoms with Crippen molar-refractivity contribution in [3.8, 4) is 0 Å². The molecule has 0 aliphatic heterocycles. The van der Waals surface area contributed by atoms with Gasteiger partial charge in [-0.05, 0) is 31.4 Å². The summed E-state index contributed by atoms with van der Waals surface area (Å²) in [5, 5.41) is 3.27. The van der Waals surface area contributed by atoms with Crippen molar-refractivity contribution >= 4 is 23.9 Å². The molecule has 0 spiro atoms. The second-order valence-electron chi connectivity index (χ2n) is 3.92. The van der Waals surface area contributed by atoms with E-state index >= 15 is 0 Å². The largest absolute Gasteiger partial charge is 0.380 e. The monoisotopic (exact) mass is 217 g/mol. The van der Waals surface area contributed by atoms with Gasteiger partial charge in [0.15, 0.2) is 11.0 Å². The Morgan fingerprint density at radius 2 is 1.67 bits per heavy atom. The van der Waals surface area contributed by atoms with Crippen LogP contribution in [-0.2, 0) is 4.57 Å². The Bertz CT molecular complexity index is 497. The van der Waals surface area contributed by atoms with Crippen LogP contribution in [-0.4, -0.2) is 5.66 Å². The molecule has 0 N–H and O–H groups in total. The standard InChI is InChI=1S/C13H14OP/c1-10(2)15(14)13-9-5-7-11-6-3-4-8-12(11)13/h3-10H,1-2H3/q+1. The molecule has 0 bridgehead atoms. The molecular formula is C13H14OP+. The number of rotatable bonds is 2. The maximum Gasteiger partial charge on any atom is 0.380 e. The first-order valence-corrected chi connectivity index (χ1v) is 6.47. The van der Waals surface area contributed by atoms with E-state index in [0.29, 0.717) is 0 Å². The van der Waals surface area contributed by atoms with Crippen molar-refractivity contribution in [3.63, 3.8) is 0 Å². The Kier molecular flexibility index (Phi) is 2.83. The minimum absolute atomic E-state index is 0.200. The van der Waals surface area contributed by atoms with Crippen molar-refractivity contribution in [1.29, 1.82) is 0 Å². The van der Waals surface area contributed by atoms with Gasteiger partial charge in [0.05, 0.1) is 0 Å². The highest BCUT2D eigenvalue weighted by Crippen LogP contribution is 2.30. The maximum atomic E-state index is 12.1. The molecule has 0 amide bonds. The number of hydrogen-bond donors (Lipinski definition) is 0. The van der Waals surface area contributed by atoms with E-state index in [1.54, 1.807) is 0 Å². The molecule has 2 aromatic rings. The second kappa shape index (κ2) is 4.12. The van der Waals surface area contributed by atoms with Gasteiger partial charge in [-0.25, -0.2) is 0 Å². The average Bonchev–Trinajstić information content (AvgIpc) is 2.27. The molecule has 0 radical (unpaired) electrons. The van der Waals surface area contributed by atoms with Crippen molar-refractivity contribution < 1.29 is 4.57 Å². The molecular weight excluding hydrogens is 203 g/mol. The van der Waals surface area contributed by atoms with Crippen LogP contribution in [0.15, 0.2) is 42.5 Å². The molecule has 1 atom stereocenters. The summed E-state index contributed by atoms with van der Waals surface area (Å²) in [4.78, 5) is 0. The lowest BCUT2D eigenvalue weighted by Gasteiger charge is -1.98. The second-order valence-corrected chi connectivity index (χ2v) is 6.08. The van der Waals surface area contributed by atoms with Crippen LogP contribution < -0.4 is 5.30 Å². The van der Waals surface area contributed by atoms with Gasteiger partial charge in [-0.15, -0.1) is 0 Å². The zero-order chi connectivity index (χ0) is 10.8. The Morgan fingerprint density at radius 3 is 2.40 bits per heavy atom. The molecule has 0 fully saturated rings. The molecule has 0 aliphatic rings. The summed E-state index contributed by atoms with van der Waals surface area (Å²) < 4.78 is 12.1. The van der Waals surface area contributed by atoms with E-state index in [0.717, 1.165) is 10.7 Å². The fourth-order valence-corrected chi connectivity index (χ4v) is 2.91. The average molecular weight is 217 g/mol. The molecule has 2 rings (SSSR count). The summed E-state index contributed by atoms with van der Waals surface area (Å²) in [7, 11) is -1.28. The van der Waals surface area contributed by atoms with Crippen LogP contribution in [0.25, 0.3) is 10.8 Å². The van der Waals surface area contributed by atoms with Gasteiger partial charge < -0.3 is 0 Å². The summed E-state index contributed by atoms with van der Waals surface area (Å²) in [6, 6.07) is 14.1. The Balaban J connectivity index is 2.66. The summed E-state index contributed by atoms with van der Waals surface area (Å²) in [5.41, 5.74) is 0.200. The van der Waals surface area contributed by atoms with E-state index in [9.17, 15) is 4.57 Å². The Morgan fingerprint density at radius 1 is 1.00 bits per heavy atom. The predicted octanol–water partition coefficient (Wildman–Crippen LogP) is 3.70. The lowest BCUT2D eigenvalue weighted by atomic mass is 10.1. The first kappa shape index (κ1) is 10.3. The molecule has 0 saturated heterocycles.